The van der Waals surface area contributed by atoms with E-state index in [2.05, 4.69) is 23.7 Å². The zero-order chi connectivity index (χ0) is 24.9. The summed E-state index contributed by atoms with van der Waals surface area (Å²) in [5.41, 5.74) is 2.15. The SMILES string of the molecule is Cc1cc(/C(O)=C2\C(=O)C(=O)N(CCN3CCOCC3)[C@@H]2c2ccncc2)ccc1OCC(C)C. The van der Waals surface area contributed by atoms with Gasteiger partial charge in [0.2, 0.25) is 0 Å². The number of aromatic nitrogens is 1. The highest BCUT2D eigenvalue weighted by Crippen LogP contribution is 2.39. The highest BCUT2D eigenvalue weighted by Gasteiger charge is 2.46. The molecule has 0 bridgehead atoms. The van der Waals surface area contributed by atoms with E-state index in [1.54, 1.807) is 47.6 Å². The molecule has 2 aliphatic rings. The number of hydrogen-bond donors (Lipinski definition) is 1. The van der Waals surface area contributed by atoms with E-state index in [9.17, 15) is 14.7 Å². The van der Waals surface area contributed by atoms with Crippen molar-refractivity contribution in [2.75, 3.05) is 46.0 Å². The molecule has 8 nitrogen and oxygen atoms in total. The first-order valence-corrected chi connectivity index (χ1v) is 12.1. The Kier molecular flexibility index (Phi) is 7.83. The number of nitrogens with zero attached hydrogens (tertiary/aromatic N) is 3. The molecule has 2 aliphatic heterocycles. The van der Waals surface area contributed by atoms with Crippen LogP contribution in [0.2, 0.25) is 0 Å². The van der Waals surface area contributed by atoms with E-state index in [1.807, 2.05) is 6.92 Å². The van der Waals surface area contributed by atoms with E-state index in [1.165, 1.54) is 0 Å². The number of morpholine rings is 1. The van der Waals surface area contributed by atoms with Crippen molar-refractivity contribution in [3.05, 3.63) is 65.0 Å². The van der Waals surface area contributed by atoms with Crippen LogP contribution in [0.1, 0.15) is 36.6 Å². The molecule has 0 unspecified atom stereocenters. The van der Waals surface area contributed by atoms with Crippen molar-refractivity contribution in [2.24, 2.45) is 5.92 Å². The number of hydrogen-bond acceptors (Lipinski definition) is 7. The lowest BCUT2D eigenvalue weighted by Gasteiger charge is -2.31. The second kappa shape index (κ2) is 11.0. The third-order valence-corrected chi connectivity index (χ3v) is 6.34. The Bertz CT molecular complexity index is 1090. The minimum absolute atomic E-state index is 0.0958. The number of aryl methyl sites for hydroxylation is 1. The maximum absolute atomic E-state index is 13.2. The molecular weight excluding hydrogens is 446 g/mol. The van der Waals surface area contributed by atoms with Gasteiger partial charge >= 0.3 is 0 Å². The van der Waals surface area contributed by atoms with Crippen molar-refractivity contribution in [2.45, 2.75) is 26.8 Å². The summed E-state index contributed by atoms with van der Waals surface area (Å²) in [5.74, 6) is -0.347. The van der Waals surface area contributed by atoms with E-state index in [0.717, 1.165) is 30.0 Å². The van der Waals surface area contributed by atoms with Crippen LogP contribution >= 0.6 is 0 Å². The largest absolute Gasteiger partial charge is 0.507 e. The lowest BCUT2D eigenvalue weighted by Crippen LogP contribution is -2.42. The topological polar surface area (TPSA) is 92.2 Å². The zero-order valence-corrected chi connectivity index (χ0v) is 20.6. The highest BCUT2D eigenvalue weighted by atomic mass is 16.5. The number of carbonyl (C=O) groups is 2. The van der Waals surface area contributed by atoms with Gasteiger partial charge in [-0.15, -0.1) is 0 Å². The van der Waals surface area contributed by atoms with Crippen LogP contribution in [0, 0.1) is 12.8 Å². The molecule has 0 spiro atoms. The van der Waals surface area contributed by atoms with Gasteiger partial charge in [0.15, 0.2) is 0 Å². The summed E-state index contributed by atoms with van der Waals surface area (Å²) in [5, 5.41) is 11.3. The summed E-state index contributed by atoms with van der Waals surface area (Å²) < 4.78 is 11.3. The van der Waals surface area contributed by atoms with Gasteiger partial charge < -0.3 is 19.5 Å². The molecule has 2 aromatic rings. The van der Waals surface area contributed by atoms with Crippen molar-refractivity contribution >= 4 is 17.4 Å². The predicted octanol–water partition coefficient (Wildman–Crippen LogP) is 3.18. The van der Waals surface area contributed by atoms with Gasteiger partial charge in [0.25, 0.3) is 11.7 Å². The van der Waals surface area contributed by atoms with Gasteiger partial charge in [-0.1, -0.05) is 13.8 Å². The number of likely N-dealkylation sites (tertiary alicyclic amines) is 1. The minimum atomic E-state index is -0.684. The second-order valence-corrected chi connectivity index (χ2v) is 9.41. The molecule has 1 atom stereocenters. The third kappa shape index (κ3) is 5.55. The molecule has 1 N–H and O–H groups in total. The molecule has 1 amide bonds. The van der Waals surface area contributed by atoms with Gasteiger partial charge in [0.1, 0.15) is 11.5 Å². The van der Waals surface area contributed by atoms with Crippen LogP contribution < -0.4 is 4.74 Å². The quantitative estimate of drug-likeness (QED) is 0.353. The summed E-state index contributed by atoms with van der Waals surface area (Å²) >= 11 is 0. The average molecular weight is 480 g/mol. The van der Waals surface area contributed by atoms with E-state index in [-0.39, 0.29) is 11.3 Å². The molecule has 0 aliphatic carbocycles. The van der Waals surface area contributed by atoms with Crippen molar-refractivity contribution in [3.8, 4) is 5.75 Å². The van der Waals surface area contributed by atoms with Crippen LogP contribution in [-0.4, -0.2) is 77.6 Å². The molecule has 1 aromatic carbocycles. The summed E-state index contributed by atoms with van der Waals surface area (Å²) in [4.78, 5) is 34.2. The molecule has 8 heteroatoms. The Hall–Kier alpha value is -3.23. The van der Waals surface area contributed by atoms with Gasteiger partial charge in [-0.3, -0.25) is 19.5 Å². The monoisotopic (exact) mass is 479 g/mol. The first-order chi connectivity index (χ1) is 16.9. The second-order valence-electron chi connectivity index (χ2n) is 9.41. The molecule has 2 fully saturated rings. The Labute approximate surface area is 206 Å². The fourth-order valence-corrected chi connectivity index (χ4v) is 4.45. The van der Waals surface area contributed by atoms with Gasteiger partial charge in [-0.25, -0.2) is 0 Å². The lowest BCUT2D eigenvalue weighted by atomic mass is 9.95. The number of rotatable bonds is 8. The van der Waals surface area contributed by atoms with Gasteiger partial charge in [-0.2, -0.15) is 0 Å². The third-order valence-electron chi connectivity index (χ3n) is 6.34. The van der Waals surface area contributed by atoms with E-state index >= 15 is 0 Å². The summed E-state index contributed by atoms with van der Waals surface area (Å²) in [6.07, 6.45) is 3.25. The first-order valence-electron chi connectivity index (χ1n) is 12.1. The maximum Gasteiger partial charge on any atom is 0.295 e. The van der Waals surface area contributed by atoms with Crippen LogP contribution in [0.4, 0.5) is 0 Å². The Morgan fingerprint density at radius 3 is 2.51 bits per heavy atom. The molecule has 186 valence electrons. The van der Waals surface area contributed by atoms with E-state index in [4.69, 9.17) is 9.47 Å². The van der Waals surface area contributed by atoms with Crippen LogP contribution in [0.25, 0.3) is 5.76 Å². The normalized spacial score (nSPS) is 20.6. The van der Waals surface area contributed by atoms with Gasteiger partial charge in [-0.05, 0) is 54.3 Å². The minimum Gasteiger partial charge on any atom is -0.507 e. The number of carbonyl (C=O) groups excluding carboxylic acids is 2. The molecule has 1 aromatic heterocycles. The first kappa shape index (κ1) is 24.9. The number of ether oxygens (including phenoxy) is 2. The summed E-state index contributed by atoms with van der Waals surface area (Å²) in [7, 11) is 0. The van der Waals surface area contributed by atoms with Crippen LogP contribution in [0.5, 0.6) is 5.75 Å². The van der Waals surface area contributed by atoms with Crippen LogP contribution in [0.3, 0.4) is 0 Å². The fourth-order valence-electron chi connectivity index (χ4n) is 4.45. The molecule has 35 heavy (non-hydrogen) atoms. The number of benzene rings is 1. The number of pyridine rings is 1. The van der Waals surface area contributed by atoms with Crippen molar-refractivity contribution < 1.29 is 24.2 Å². The predicted molar refractivity (Wildman–Crippen MR) is 132 cm³/mol. The Morgan fingerprint density at radius 2 is 1.86 bits per heavy atom. The molecule has 4 rings (SSSR count). The highest BCUT2D eigenvalue weighted by molar-refractivity contribution is 6.46. The summed E-state index contributed by atoms with van der Waals surface area (Å²) in [6, 6.07) is 8.18. The average Bonchev–Trinajstić information content (AvgIpc) is 3.12. The number of ketones is 1. The van der Waals surface area contributed by atoms with E-state index in [0.29, 0.717) is 44.4 Å². The molecule has 0 radical (unpaired) electrons. The molecule has 2 saturated heterocycles. The zero-order valence-electron chi connectivity index (χ0n) is 20.6. The Balaban J connectivity index is 1.67. The maximum atomic E-state index is 13.2. The van der Waals surface area contributed by atoms with Crippen molar-refractivity contribution in [1.82, 2.24) is 14.8 Å². The van der Waals surface area contributed by atoms with Crippen LogP contribution in [0.15, 0.2) is 48.3 Å². The number of aliphatic hydroxyl groups is 1. The fraction of sp³-hybridized carbons (Fsp3) is 0.444. The number of Topliss-reactive ketones (excluding diaryl/α,β-unsaturated/α-hetero) is 1. The molecule has 0 saturated carbocycles. The molecular formula is C27H33N3O5. The van der Waals surface area contributed by atoms with E-state index < -0.39 is 17.7 Å². The lowest BCUT2D eigenvalue weighted by molar-refractivity contribution is -0.140. The van der Waals surface area contributed by atoms with Crippen molar-refractivity contribution in [3.63, 3.8) is 0 Å². The molecule has 3 heterocycles. The van der Waals surface area contributed by atoms with Crippen molar-refractivity contribution in [1.29, 1.82) is 0 Å². The van der Waals surface area contributed by atoms with Gasteiger partial charge in [0.05, 0.1) is 31.4 Å². The summed E-state index contributed by atoms with van der Waals surface area (Å²) in [6.45, 7) is 10.5. The Morgan fingerprint density at radius 1 is 1.14 bits per heavy atom. The number of amides is 1. The smallest absolute Gasteiger partial charge is 0.295 e. The van der Waals surface area contributed by atoms with Crippen LogP contribution in [-0.2, 0) is 14.3 Å². The van der Waals surface area contributed by atoms with Gasteiger partial charge in [0, 0.05) is 44.1 Å². The number of aliphatic hydroxyl groups excluding tert-OH is 1. The standard InChI is InChI=1S/C27H33N3O5/c1-18(2)17-35-22-5-4-21(16-19(22)3)25(31)23-24(20-6-8-28-9-7-20)30(27(33)26(23)32)11-10-29-12-14-34-15-13-29/h4-9,16,18,24,31H,10-15,17H2,1-3H3/b25-23+/t24-/m1/s1.